The van der Waals surface area contributed by atoms with Gasteiger partial charge in [-0.3, -0.25) is 9.59 Å². The van der Waals surface area contributed by atoms with E-state index < -0.39 is 0 Å². The van der Waals surface area contributed by atoms with E-state index in [1.54, 1.807) is 7.11 Å². The molecule has 0 aromatic heterocycles. The van der Waals surface area contributed by atoms with Crippen LogP contribution in [0.15, 0.2) is 48.5 Å². The molecule has 2 unspecified atom stereocenters. The Bertz CT molecular complexity index is 911. The molecule has 1 saturated heterocycles. The molecule has 1 heterocycles. The molecule has 2 amide bonds. The molecular weight excluding hydrogens is 364 g/mol. The Morgan fingerprint density at radius 3 is 2.86 bits per heavy atom. The Hall–Kier alpha value is -2.82. The van der Waals surface area contributed by atoms with E-state index in [-0.39, 0.29) is 23.4 Å². The molecule has 2 aliphatic rings. The van der Waals surface area contributed by atoms with Gasteiger partial charge in [0.25, 0.3) is 0 Å². The van der Waals surface area contributed by atoms with Gasteiger partial charge >= 0.3 is 0 Å². The summed E-state index contributed by atoms with van der Waals surface area (Å²) in [5.41, 5.74) is 3.31. The number of aryl methyl sites for hydroxylation is 1. The summed E-state index contributed by atoms with van der Waals surface area (Å²) in [6.07, 6.45) is 4.98. The van der Waals surface area contributed by atoms with Crippen molar-refractivity contribution in [2.24, 2.45) is 0 Å². The van der Waals surface area contributed by atoms with Gasteiger partial charge in [0.1, 0.15) is 5.75 Å². The lowest BCUT2D eigenvalue weighted by Crippen LogP contribution is -2.44. The number of methoxy groups -OCH3 is 1. The van der Waals surface area contributed by atoms with Crippen LogP contribution in [0.5, 0.6) is 5.75 Å². The van der Waals surface area contributed by atoms with Gasteiger partial charge in [-0.25, -0.2) is 0 Å². The molecule has 5 heteroatoms. The lowest BCUT2D eigenvalue weighted by molar-refractivity contribution is -0.123. The zero-order valence-corrected chi connectivity index (χ0v) is 16.9. The number of ether oxygens (including phenoxy) is 1. The number of carbonyl (C=O) groups excluding carboxylic acids is 2. The van der Waals surface area contributed by atoms with E-state index in [1.807, 2.05) is 36.4 Å². The molecule has 0 saturated carbocycles. The van der Waals surface area contributed by atoms with Gasteiger partial charge in [0.2, 0.25) is 11.8 Å². The average Bonchev–Trinajstić information content (AvgIpc) is 3.31. The lowest BCUT2D eigenvalue weighted by Gasteiger charge is -2.29. The van der Waals surface area contributed by atoms with Crippen LogP contribution < -0.4 is 15.4 Å². The maximum Gasteiger partial charge on any atom is 0.220 e. The first-order chi connectivity index (χ1) is 14.1. The number of nitrogens with one attached hydrogen (secondary N) is 2. The second-order valence-corrected chi connectivity index (χ2v) is 8.21. The van der Waals surface area contributed by atoms with E-state index >= 15 is 0 Å². The van der Waals surface area contributed by atoms with Crippen molar-refractivity contribution in [1.29, 1.82) is 0 Å². The van der Waals surface area contributed by atoms with Gasteiger partial charge in [0, 0.05) is 18.4 Å². The fraction of sp³-hybridized carbons (Fsp3) is 0.417. The predicted octanol–water partition coefficient (Wildman–Crippen LogP) is 3.47. The molecule has 2 aromatic carbocycles. The van der Waals surface area contributed by atoms with Crippen molar-refractivity contribution in [2.75, 3.05) is 7.11 Å². The Morgan fingerprint density at radius 1 is 1.21 bits per heavy atom. The number of fused-ring (bicyclic) bond motifs is 1. The highest BCUT2D eigenvalue weighted by Gasteiger charge is 2.38. The molecule has 4 rings (SSSR count). The normalized spacial score (nSPS) is 22.8. The largest absolute Gasteiger partial charge is 0.497 e. The van der Waals surface area contributed by atoms with Gasteiger partial charge in [-0.05, 0) is 60.9 Å². The van der Waals surface area contributed by atoms with Crippen molar-refractivity contribution in [2.45, 2.75) is 56.5 Å². The van der Waals surface area contributed by atoms with E-state index in [4.69, 9.17) is 4.74 Å². The fourth-order valence-electron chi connectivity index (χ4n) is 4.68. The molecule has 2 N–H and O–H groups in total. The van der Waals surface area contributed by atoms with Crippen LogP contribution in [0.25, 0.3) is 0 Å². The van der Waals surface area contributed by atoms with Gasteiger partial charge in [0.05, 0.1) is 13.2 Å². The molecule has 1 aliphatic carbocycles. The Kier molecular flexibility index (Phi) is 5.56. The molecule has 5 nitrogen and oxygen atoms in total. The molecule has 1 aliphatic heterocycles. The van der Waals surface area contributed by atoms with Crippen LogP contribution >= 0.6 is 0 Å². The summed E-state index contributed by atoms with van der Waals surface area (Å²) in [6.45, 7) is 0. The standard InChI is InChI=1S/C24H28N2O3/c1-29-19-7-4-5-17(15-19)16-24(14-12-23(28)26-24)13-11-22(27)25-21-10-9-18-6-2-3-8-20(18)21/h2-8,15,21H,9-14,16H2,1H3,(H,25,27)(H,26,28). The molecule has 0 bridgehead atoms. The lowest BCUT2D eigenvalue weighted by atomic mass is 9.85. The summed E-state index contributed by atoms with van der Waals surface area (Å²) in [5.74, 6) is 0.926. The number of carbonyl (C=O) groups is 2. The Morgan fingerprint density at radius 2 is 2.07 bits per heavy atom. The van der Waals surface area contributed by atoms with Crippen LogP contribution in [0.4, 0.5) is 0 Å². The summed E-state index contributed by atoms with van der Waals surface area (Å²) < 4.78 is 5.32. The highest BCUT2D eigenvalue weighted by Crippen LogP contribution is 2.32. The summed E-state index contributed by atoms with van der Waals surface area (Å²) >= 11 is 0. The first-order valence-electron chi connectivity index (χ1n) is 10.4. The highest BCUT2D eigenvalue weighted by atomic mass is 16.5. The minimum Gasteiger partial charge on any atom is -0.497 e. The van der Waals surface area contributed by atoms with Crippen molar-refractivity contribution >= 4 is 11.8 Å². The van der Waals surface area contributed by atoms with E-state index in [0.29, 0.717) is 25.7 Å². The minimum atomic E-state index is -0.367. The number of benzene rings is 2. The van der Waals surface area contributed by atoms with Gasteiger partial charge < -0.3 is 15.4 Å². The monoisotopic (exact) mass is 392 g/mol. The number of hydrogen-bond donors (Lipinski definition) is 2. The smallest absolute Gasteiger partial charge is 0.220 e. The second kappa shape index (κ2) is 8.27. The van der Waals surface area contributed by atoms with Crippen LogP contribution in [0, 0.1) is 0 Å². The molecule has 1 fully saturated rings. The Labute approximate surface area is 171 Å². The SMILES string of the molecule is COc1cccc(CC2(CCC(=O)NC3CCc4ccccc43)CCC(=O)N2)c1. The topological polar surface area (TPSA) is 67.4 Å². The highest BCUT2D eigenvalue weighted by molar-refractivity contribution is 5.80. The van der Waals surface area contributed by atoms with Crippen molar-refractivity contribution in [3.05, 3.63) is 65.2 Å². The molecule has 2 atom stereocenters. The maximum absolute atomic E-state index is 12.7. The molecular formula is C24H28N2O3. The van der Waals surface area contributed by atoms with Crippen LogP contribution in [0.2, 0.25) is 0 Å². The third kappa shape index (κ3) is 4.44. The first kappa shape index (κ1) is 19.5. The zero-order chi connectivity index (χ0) is 20.3. The molecule has 2 aromatic rings. The van der Waals surface area contributed by atoms with Gasteiger partial charge in [-0.1, -0.05) is 36.4 Å². The summed E-state index contributed by atoms with van der Waals surface area (Å²) in [7, 11) is 1.65. The average molecular weight is 392 g/mol. The summed E-state index contributed by atoms with van der Waals surface area (Å²) in [5, 5.41) is 6.36. The van der Waals surface area contributed by atoms with Gasteiger partial charge in [-0.2, -0.15) is 0 Å². The quantitative estimate of drug-likeness (QED) is 0.758. The molecule has 152 valence electrons. The third-order valence-electron chi connectivity index (χ3n) is 6.21. The molecule has 0 radical (unpaired) electrons. The van der Waals surface area contributed by atoms with Crippen LogP contribution in [0.1, 0.15) is 54.8 Å². The van der Waals surface area contributed by atoms with Gasteiger partial charge in [-0.15, -0.1) is 0 Å². The van der Waals surface area contributed by atoms with Crippen LogP contribution in [0.3, 0.4) is 0 Å². The molecule has 29 heavy (non-hydrogen) atoms. The van der Waals surface area contributed by atoms with E-state index in [1.165, 1.54) is 11.1 Å². The van der Waals surface area contributed by atoms with Gasteiger partial charge in [0.15, 0.2) is 0 Å². The van der Waals surface area contributed by atoms with Crippen molar-refractivity contribution < 1.29 is 14.3 Å². The number of rotatable bonds is 7. The summed E-state index contributed by atoms with van der Waals surface area (Å²) in [4.78, 5) is 24.7. The number of amides is 2. The number of hydrogen-bond acceptors (Lipinski definition) is 3. The fourth-order valence-corrected chi connectivity index (χ4v) is 4.68. The third-order valence-corrected chi connectivity index (χ3v) is 6.21. The maximum atomic E-state index is 12.7. The second-order valence-electron chi connectivity index (χ2n) is 8.21. The van der Waals surface area contributed by atoms with Crippen molar-refractivity contribution in [1.82, 2.24) is 10.6 Å². The van der Waals surface area contributed by atoms with E-state index in [0.717, 1.165) is 30.6 Å². The summed E-state index contributed by atoms with van der Waals surface area (Å²) in [6, 6.07) is 16.3. The van der Waals surface area contributed by atoms with E-state index in [2.05, 4.69) is 22.8 Å². The van der Waals surface area contributed by atoms with Crippen molar-refractivity contribution in [3.63, 3.8) is 0 Å². The predicted molar refractivity (Wildman–Crippen MR) is 112 cm³/mol. The van der Waals surface area contributed by atoms with Crippen molar-refractivity contribution in [3.8, 4) is 5.75 Å². The Balaban J connectivity index is 1.40. The minimum absolute atomic E-state index is 0.0536. The van der Waals surface area contributed by atoms with E-state index in [9.17, 15) is 9.59 Å². The molecule has 0 spiro atoms. The first-order valence-corrected chi connectivity index (χ1v) is 10.4. The van der Waals surface area contributed by atoms with Crippen LogP contribution in [-0.2, 0) is 22.4 Å². The zero-order valence-electron chi connectivity index (χ0n) is 16.9. The van der Waals surface area contributed by atoms with Crippen LogP contribution in [-0.4, -0.2) is 24.5 Å².